The van der Waals surface area contributed by atoms with Crippen LogP contribution in [-0.4, -0.2) is 14.1 Å². The molecule has 9 aromatic rings. The van der Waals surface area contributed by atoms with E-state index in [-0.39, 0.29) is 0 Å². The first kappa shape index (κ1) is 21.5. The molecular weight excluding hydrogens is 486 g/mol. The molecule has 3 heterocycles. The molecule has 0 N–H and O–H groups in total. The van der Waals surface area contributed by atoms with Gasteiger partial charge in [0.1, 0.15) is 5.82 Å². The van der Waals surface area contributed by atoms with Crippen LogP contribution in [0.15, 0.2) is 140 Å². The van der Waals surface area contributed by atoms with Crippen LogP contribution in [0.25, 0.3) is 76.7 Å². The number of nitrogens with zero attached hydrogens (tertiary/aromatic N) is 3. The zero-order valence-corrected chi connectivity index (χ0v) is 21.6. The van der Waals surface area contributed by atoms with Gasteiger partial charge in [-0.25, -0.2) is 4.98 Å². The van der Waals surface area contributed by atoms with Crippen LogP contribution in [-0.2, 0) is 0 Å². The summed E-state index contributed by atoms with van der Waals surface area (Å²) < 4.78 is 4.83. The number of hydrogen-bond acceptors (Lipinski definition) is 1. The summed E-state index contributed by atoms with van der Waals surface area (Å²) in [5.74, 6) is 0.922. The number of hydrogen-bond donors (Lipinski definition) is 0. The summed E-state index contributed by atoms with van der Waals surface area (Å²) in [7, 11) is 0. The lowest BCUT2D eigenvalue weighted by Crippen LogP contribution is -1.98. The highest BCUT2D eigenvalue weighted by Gasteiger charge is 2.25. The van der Waals surface area contributed by atoms with E-state index in [1.54, 1.807) is 0 Å². The van der Waals surface area contributed by atoms with Crippen LogP contribution < -0.4 is 0 Å². The second kappa shape index (κ2) is 8.05. The second-order valence-corrected chi connectivity index (χ2v) is 10.4. The number of pyridine rings is 1. The minimum Gasteiger partial charge on any atom is -0.309 e. The number of benzene rings is 6. The maximum absolute atomic E-state index is 4.87. The lowest BCUT2D eigenvalue weighted by atomic mass is 9.97. The van der Waals surface area contributed by atoms with Gasteiger partial charge in [0.15, 0.2) is 0 Å². The summed E-state index contributed by atoms with van der Waals surface area (Å²) in [6, 6.07) is 47.9. The molecule has 0 aliphatic rings. The summed E-state index contributed by atoms with van der Waals surface area (Å²) in [5.41, 5.74) is 5.94. The molecule has 3 aromatic heterocycles. The van der Waals surface area contributed by atoms with Gasteiger partial charge < -0.3 is 4.57 Å². The van der Waals surface area contributed by atoms with Crippen molar-refractivity contribution in [3.63, 3.8) is 0 Å². The number of aromatic nitrogens is 3. The van der Waals surface area contributed by atoms with Crippen molar-refractivity contribution in [2.24, 2.45) is 0 Å². The predicted molar refractivity (Wildman–Crippen MR) is 168 cm³/mol. The van der Waals surface area contributed by atoms with E-state index in [0.717, 1.165) is 17.0 Å². The maximum Gasteiger partial charge on any atom is 0.137 e. The van der Waals surface area contributed by atoms with E-state index in [1.807, 2.05) is 12.3 Å². The van der Waals surface area contributed by atoms with Gasteiger partial charge in [-0.15, -0.1) is 0 Å². The summed E-state index contributed by atoms with van der Waals surface area (Å²) in [6.45, 7) is 0. The molecule has 9 rings (SSSR count). The van der Waals surface area contributed by atoms with E-state index < -0.39 is 0 Å². The van der Waals surface area contributed by atoms with Crippen molar-refractivity contribution in [1.82, 2.24) is 14.1 Å². The van der Waals surface area contributed by atoms with E-state index >= 15 is 0 Å². The van der Waals surface area contributed by atoms with Gasteiger partial charge in [-0.1, -0.05) is 97.1 Å². The Morgan fingerprint density at radius 2 is 1.10 bits per heavy atom. The quantitative estimate of drug-likeness (QED) is 0.227. The Hall–Kier alpha value is -5.41. The fourth-order valence-electron chi connectivity index (χ4n) is 6.77. The molecule has 0 amide bonds. The van der Waals surface area contributed by atoms with E-state index in [4.69, 9.17) is 4.98 Å². The fourth-order valence-corrected chi connectivity index (χ4v) is 6.77. The average molecular weight is 510 g/mol. The molecule has 0 saturated carbocycles. The molecule has 0 atom stereocenters. The highest BCUT2D eigenvalue weighted by atomic mass is 15.1. The van der Waals surface area contributed by atoms with Crippen molar-refractivity contribution in [2.75, 3.05) is 0 Å². The highest BCUT2D eigenvalue weighted by molar-refractivity contribution is 6.39. The van der Waals surface area contributed by atoms with Crippen molar-refractivity contribution >= 4 is 65.2 Å². The number of para-hydroxylation sites is 2. The first-order chi connectivity index (χ1) is 19.9. The third-order valence-corrected chi connectivity index (χ3v) is 8.31. The van der Waals surface area contributed by atoms with Gasteiger partial charge in [0, 0.05) is 38.8 Å². The van der Waals surface area contributed by atoms with Gasteiger partial charge in [-0.05, 0) is 52.6 Å². The number of rotatable bonds is 2. The van der Waals surface area contributed by atoms with Crippen molar-refractivity contribution in [3.05, 3.63) is 140 Å². The van der Waals surface area contributed by atoms with Crippen molar-refractivity contribution in [2.45, 2.75) is 0 Å². The first-order valence-electron chi connectivity index (χ1n) is 13.7. The molecule has 186 valence electrons. The average Bonchev–Trinajstić information content (AvgIpc) is 3.56. The fraction of sp³-hybridized carbons (Fsp3) is 0. The molecule has 0 bridgehead atoms. The van der Waals surface area contributed by atoms with E-state index in [0.29, 0.717) is 0 Å². The van der Waals surface area contributed by atoms with Crippen LogP contribution >= 0.6 is 0 Å². The molecule has 3 heteroatoms. The van der Waals surface area contributed by atoms with Crippen molar-refractivity contribution in [3.8, 4) is 11.5 Å². The second-order valence-electron chi connectivity index (χ2n) is 10.4. The molecule has 0 radical (unpaired) electrons. The molecule has 40 heavy (non-hydrogen) atoms. The van der Waals surface area contributed by atoms with Crippen LogP contribution in [0.5, 0.6) is 0 Å². The zero-order chi connectivity index (χ0) is 26.2. The molecule has 0 unspecified atom stereocenters. The number of fused-ring (bicyclic) bond motifs is 12. The Balaban J connectivity index is 1.71. The molecule has 0 fully saturated rings. The van der Waals surface area contributed by atoms with Gasteiger partial charge in [-0.2, -0.15) is 0 Å². The van der Waals surface area contributed by atoms with E-state index in [9.17, 15) is 0 Å². The summed E-state index contributed by atoms with van der Waals surface area (Å²) >= 11 is 0. The van der Waals surface area contributed by atoms with E-state index in [1.165, 1.54) is 59.6 Å². The summed E-state index contributed by atoms with van der Waals surface area (Å²) in [4.78, 5) is 4.87. The normalized spacial score (nSPS) is 12.0. The van der Waals surface area contributed by atoms with Gasteiger partial charge in [-0.3, -0.25) is 4.57 Å². The van der Waals surface area contributed by atoms with Crippen LogP contribution in [0.4, 0.5) is 0 Å². The lowest BCUT2D eigenvalue weighted by molar-refractivity contribution is 1.08. The van der Waals surface area contributed by atoms with Gasteiger partial charge >= 0.3 is 0 Å². The maximum atomic E-state index is 4.87. The minimum atomic E-state index is 0.922. The third-order valence-electron chi connectivity index (χ3n) is 8.31. The first-order valence-corrected chi connectivity index (χ1v) is 13.7. The Morgan fingerprint density at radius 3 is 1.93 bits per heavy atom. The van der Waals surface area contributed by atoms with Crippen LogP contribution in [0.3, 0.4) is 0 Å². The SMILES string of the molecule is c1ccc(-n2c3ccc4ccccc4c3c3c2c2ccccc2c2c4ccccc4n(-c4ccccn4)c23)cc1. The standard InChI is InChI=1S/C37H23N3/c1-2-13-25(14-3-1)39-31-22-21-24-12-4-5-15-26(24)34(31)35-36(39)28-17-7-6-16-27(28)33-29-18-8-9-19-30(29)40(37(33)35)32-20-10-11-23-38-32/h1-23H. The minimum absolute atomic E-state index is 0.922. The Bertz CT molecular complexity index is 2410. The highest BCUT2D eigenvalue weighted by Crippen LogP contribution is 2.47. The van der Waals surface area contributed by atoms with Crippen LogP contribution in [0.2, 0.25) is 0 Å². The third kappa shape index (κ3) is 2.76. The Kier molecular flexibility index (Phi) is 4.33. The zero-order valence-electron chi connectivity index (χ0n) is 21.6. The molecule has 0 aliphatic carbocycles. The van der Waals surface area contributed by atoms with Crippen LogP contribution in [0.1, 0.15) is 0 Å². The smallest absolute Gasteiger partial charge is 0.137 e. The molecular formula is C37H23N3. The van der Waals surface area contributed by atoms with Gasteiger partial charge in [0.05, 0.1) is 22.1 Å². The molecule has 0 saturated heterocycles. The summed E-state index contributed by atoms with van der Waals surface area (Å²) in [6.07, 6.45) is 1.89. The molecule has 3 nitrogen and oxygen atoms in total. The molecule has 0 spiro atoms. The monoisotopic (exact) mass is 509 g/mol. The van der Waals surface area contributed by atoms with Crippen LogP contribution in [0, 0.1) is 0 Å². The van der Waals surface area contributed by atoms with Gasteiger partial charge in [0.2, 0.25) is 0 Å². The molecule has 6 aromatic carbocycles. The molecule has 0 aliphatic heterocycles. The summed E-state index contributed by atoms with van der Waals surface area (Å²) in [5, 5.41) is 10.0. The Morgan fingerprint density at radius 1 is 0.400 bits per heavy atom. The van der Waals surface area contributed by atoms with Crippen molar-refractivity contribution in [1.29, 1.82) is 0 Å². The van der Waals surface area contributed by atoms with E-state index in [2.05, 4.69) is 137 Å². The van der Waals surface area contributed by atoms with Crippen molar-refractivity contribution < 1.29 is 0 Å². The largest absolute Gasteiger partial charge is 0.309 e. The lowest BCUT2D eigenvalue weighted by Gasteiger charge is -2.12. The predicted octanol–water partition coefficient (Wildman–Crippen LogP) is 9.58. The topological polar surface area (TPSA) is 22.8 Å². The van der Waals surface area contributed by atoms with Gasteiger partial charge in [0.25, 0.3) is 0 Å². The Labute approximate surface area is 230 Å².